The number of carbonyl (C=O) groups is 1. The largest absolute Gasteiger partial charge is 0.353 e. The topological polar surface area (TPSA) is 41.1 Å². The van der Waals surface area contributed by atoms with E-state index in [1.807, 2.05) is 6.92 Å². The van der Waals surface area contributed by atoms with E-state index >= 15 is 0 Å². The zero-order chi connectivity index (χ0) is 10.4. The molecule has 4 heteroatoms. The molecule has 1 heterocycles. The van der Waals surface area contributed by atoms with Crippen molar-refractivity contribution in [3.8, 4) is 0 Å². The van der Waals surface area contributed by atoms with Gasteiger partial charge in [-0.25, -0.2) is 0 Å². The van der Waals surface area contributed by atoms with Gasteiger partial charge in [-0.15, -0.1) is 0 Å². The highest BCUT2D eigenvalue weighted by molar-refractivity contribution is 7.99. The lowest BCUT2D eigenvalue weighted by atomic mass is 10.1. The van der Waals surface area contributed by atoms with E-state index in [2.05, 4.69) is 17.6 Å². The van der Waals surface area contributed by atoms with E-state index in [1.165, 1.54) is 0 Å². The van der Waals surface area contributed by atoms with E-state index in [9.17, 15) is 4.79 Å². The molecule has 0 radical (unpaired) electrons. The molecule has 1 amide bonds. The van der Waals surface area contributed by atoms with E-state index in [0.717, 1.165) is 31.2 Å². The molecular weight excluding hydrogens is 196 g/mol. The number of rotatable bonds is 6. The fourth-order valence-corrected chi connectivity index (χ4v) is 2.16. The molecule has 3 nitrogen and oxygen atoms in total. The molecule has 82 valence electrons. The molecule has 0 bridgehead atoms. The minimum absolute atomic E-state index is 0.177. The van der Waals surface area contributed by atoms with Crippen LogP contribution >= 0.6 is 11.8 Å². The van der Waals surface area contributed by atoms with Gasteiger partial charge in [-0.05, 0) is 38.1 Å². The summed E-state index contributed by atoms with van der Waals surface area (Å²) in [5, 5.41) is 6.19. The Hall–Kier alpha value is -0.220. The van der Waals surface area contributed by atoms with Crippen molar-refractivity contribution in [2.75, 3.05) is 24.6 Å². The highest BCUT2D eigenvalue weighted by atomic mass is 32.2. The number of carbonyl (C=O) groups excluding carboxylic acids is 1. The molecule has 0 aromatic rings. The lowest BCUT2D eigenvalue weighted by molar-refractivity contribution is -0.119. The molecule has 0 aliphatic carbocycles. The Morgan fingerprint density at radius 1 is 1.64 bits per heavy atom. The SMILES string of the molecule is CCC(C)NC(=O)CSCC1CNC1. The summed E-state index contributed by atoms with van der Waals surface area (Å²) in [7, 11) is 0. The Morgan fingerprint density at radius 2 is 2.36 bits per heavy atom. The summed E-state index contributed by atoms with van der Waals surface area (Å²) >= 11 is 1.75. The van der Waals surface area contributed by atoms with E-state index in [1.54, 1.807) is 11.8 Å². The summed E-state index contributed by atoms with van der Waals surface area (Å²) in [5.41, 5.74) is 0. The number of thioether (sulfide) groups is 1. The van der Waals surface area contributed by atoms with Crippen LogP contribution in [0.1, 0.15) is 20.3 Å². The quantitative estimate of drug-likeness (QED) is 0.692. The third-order valence-electron chi connectivity index (χ3n) is 2.47. The van der Waals surface area contributed by atoms with Crippen molar-refractivity contribution in [2.24, 2.45) is 5.92 Å². The molecule has 1 atom stereocenters. The summed E-state index contributed by atoms with van der Waals surface area (Å²) in [6.45, 7) is 6.37. The normalized spacial score (nSPS) is 18.7. The first kappa shape index (κ1) is 11.9. The van der Waals surface area contributed by atoms with Crippen LogP contribution in [-0.4, -0.2) is 36.5 Å². The Kier molecular flexibility index (Phi) is 5.33. The lowest BCUT2D eigenvalue weighted by Crippen LogP contribution is -2.43. The van der Waals surface area contributed by atoms with Crippen LogP contribution in [0.3, 0.4) is 0 Å². The van der Waals surface area contributed by atoms with Crippen molar-refractivity contribution >= 4 is 17.7 Å². The molecule has 1 unspecified atom stereocenters. The van der Waals surface area contributed by atoms with Crippen LogP contribution in [0, 0.1) is 5.92 Å². The standard InChI is InChI=1S/C10H20N2OS/c1-3-8(2)12-10(13)7-14-6-9-4-11-5-9/h8-9,11H,3-7H2,1-2H3,(H,12,13). The smallest absolute Gasteiger partial charge is 0.230 e. The van der Waals surface area contributed by atoms with Gasteiger partial charge in [0.25, 0.3) is 0 Å². The summed E-state index contributed by atoms with van der Waals surface area (Å²) in [5.74, 6) is 2.69. The average Bonchev–Trinajstić information content (AvgIpc) is 2.09. The number of hydrogen-bond donors (Lipinski definition) is 2. The van der Waals surface area contributed by atoms with Gasteiger partial charge in [0.1, 0.15) is 0 Å². The van der Waals surface area contributed by atoms with Crippen LogP contribution < -0.4 is 10.6 Å². The first-order valence-corrected chi connectivity index (χ1v) is 6.45. The van der Waals surface area contributed by atoms with Crippen molar-refractivity contribution in [1.29, 1.82) is 0 Å². The van der Waals surface area contributed by atoms with Crippen LogP contribution in [0.4, 0.5) is 0 Å². The molecule has 2 N–H and O–H groups in total. The van der Waals surface area contributed by atoms with Crippen molar-refractivity contribution in [1.82, 2.24) is 10.6 Å². The Bertz CT molecular complexity index is 183. The first-order valence-electron chi connectivity index (χ1n) is 5.30. The predicted octanol–water partition coefficient (Wildman–Crippen LogP) is 0.854. The van der Waals surface area contributed by atoms with E-state index in [0.29, 0.717) is 11.8 Å². The molecule has 0 aromatic heterocycles. The Balaban J connectivity index is 1.96. The Morgan fingerprint density at radius 3 is 2.86 bits per heavy atom. The highest BCUT2D eigenvalue weighted by Gasteiger charge is 2.16. The van der Waals surface area contributed by atoms with Gasteiger partial charge < -0.3 is 10.6 Å². The van der Waals surface area contributed by atoms with Crippen molar-refractivity contribution in [2.45, 2.75) is 26.3 Å². The molecule has 0 aromatic carbocycles. The van der Waals surface area contributed by atoms with Gasteiger partial charge in [0.2, 0.25) is 5.91 Å². The van der Waals surface area contributed by atoms with Gasteiger partial charge in [0.15, 0.2) is 0 Å². The number of hydrogen-bond acceptors (Lipinski definition) is 3. The zero-order valence-electron chi connectivity index (χ0n) is 9.01. The fourth-order valence-electron chi connectivity index (χ4n) is 1.20. The van der Waals surface area contributed by atoms with Gasteiger partial charge in [0, 0.05) is 6.04 Å². The molecular formula is C10H20N2OS. The van der Waals surface area contributed by atoms with Crippen LogP contribution in [0.2, 0.25) is 0 Å². The molecule has 1 saturated heterocycles. The first-order chi connectivity index (χ1) is 6.72. The predicted molar refractivity (Wildman–Crippen MR) is 61.6 cm³/mol. The van der Waals surface area contributed by atoms with Crippen LogP contribution in [-0.2, 0) is 4.79 Å². The van der Waals surface area contributed by atoms with E-state index in [-0.39, 0.29) is 5.91 Å². The maximum atomic E-state index is 11.4. The second-order valence-electron chi connectivity index (χ2n) is 3.92. The van der Waals surface area contributed by atoms with Gasteiger partial charge in [-0.3, -0.25) is 4.79 Å². The number of amides is 1. The molecule has 1 fully saturated rings. The van der Waals surface area contributed by atoms with E-state index in [4.69, 9.17) is 0 Å². The second kappa shape index (κ2) is 6.30. The van der Waals surface area contributed by atoms with Crippen LogP contribution in [0.5, 0.6) is 0 Å². The minimum Gasteiger partial charge on any atom is -0.353 e. The fraction of sp³-hybridized carbons (Fsp3) is 0.900. The maximum absolute atomic E-state index is 11.4. The van der Waals surface area contributed by atoms with Gasteiger partial charge >= 0.3 is 0 Å². The monoisotopic (exact) mass is 216 g/mol. The van der Waals surface area contributed by atoms with Crippen molar-refractivity contribution < 1.29 is 4.79 Å². The summed E-state index contributed by atoms with van der Waals surface area (Å²) < 4.78 is 0. The van der Waals surface area contributed by atoms with Gasteiger partial charge in [-0.2, -0.15) is 11.8 Å². The average molecular weight is 216 g/mol. The molecule has 1 aliphatic rings. The second-order valence-corrected chi connectivity index (χ2v) is 4.95. The van der Waals surface area contributed by atoms with Gasteiger partial charge in [-0.1, -0.05) is 6.92 Å². The molecule has 14 heavy (non-hydrogen) atoms. The molecule has 1 aliphatic heterocycles. The summed E-state index contributed by atoms with van der Waals surface area (Å²) in [4.78, 5) is 11.4. The summed E-state index contributed by atoms with van der Waals surface area (Å²) in [6, 6.07) is 0.313. The maximum Gasteiger partial charge on any atom is 0.230 e. The lowest BCUT2D eigenvalue weighted by Gasteiger charge is -2.26. The minimum atomic E-state index is 0.177. The molecule has 1 rings (SSSR count). The van der Waals surface area contributed by atoms with Crippen molar-refractivity contribution in [3.63, 3.8) is 0 Å². The van der Waals surface area contributed by atoms with Gasteiger partial charge in [0.05, 0.1) is 5.75 Å². The molecule has 0 saturated carbocycles. The Labute approximate surface area is 90.4 Å². The zero-order valence-corrected chi connectivity index (χ0v) is 9.82. The third-order valence-corrected chi connectivity index (χ3v) is 3.65. The highest BCUT2D eigenvalue weighted by Crippen LogP contribution is 2.11. The van der Waals surface area contributed by atoms with Crippen LogP contribution in [0.15, 0.2) is 0 Å². The number of nitrogens with one attached hydrogen (secondary N) is 2. The van der Waals surface area contributed by atoms with Crippen LogP contribution in [0.25, 0.3) is 0 Å². The van der Waals surface area contributed by atoms with E-state index < -0.39 is 0 Å². The van der Waals surface area contributed by atoms with Crippen molar-refractivity contribution in [3.05, 3.63) is 0 Å². The summed E-state index contributed by atoms with van der Waals surface area (Å²) in [6.07, 6.45) is 1.00. The third kappa shape index (κ3) is 4.33. The molecule has 0 spiro atoms.